The number of nitrogens with one attached hydrogen (secondary N) is 1. The van der Waals surface area contributed by atoms with Crippen molar-refractivity contribution in [2.24, 2.45) is 0 Å². The van der Waals surface area contributed by atoms with Gasteiger partial charge < -0.3 is 14.8 Å². The van der Waals surface area contributed by atoms with Gasteiger partial charge >= 0.3 is 0 Å². The maximum absolute atomic E-state index is 5.87. The SMILES string of the molecule is CCC1(C)CC(NCC2CCCCO2)CCO1. The van der Waals surface area contributed by atoms with E-state index in [1.54, 1.807) is 0 Å². The molecule has 2 rings (SSSR count). The molecule has 2 fully saturated rings. The van der Waals surface area contributed by atoms with Gasteiger partial charge in [-0.2, -0.15) is 0 Å². The van der Waals surface area contributed by atoms with Crippen molar-refractivity contribution in [3.05, 3.63) is 0 Å². The number of hydrogen-bond donors (Lipinski definition) is 1. The van der Waals surface area contributed by atoms with E-state index in [1.165, 1.54) is 19.3 Å². The molecule has 3 nitrogen and oxygen atoms in total. The van der Waals surface area contributed by atoms with Crippen LogP contribution in [0.4, 0.5) is 0 Å². The fraction of sp³-hybridized carbons (Fsp3) is 1.00. The van der Waals surface area contributed by atoms with Gasteiger partial charge in [-0.15, -0.1) is 0 Å². The Balaban J connectivity index is 1.71. The van der Waals surface area contributed by atoms with Gasteiger partial charge in [0.25, 0.3) is 0 Å². The molecule has 3 atom stereocenters. The first-order chi connectivity index (χ1) is 8.22. The molecule has 2 aliphatic heterocycles. The molecule has 0 bridgehead atoms. The predicted molar refractivity (Wildman–Crippen MR) is 69.3 cm³/mol. The number of rotatable bonds is 4. The molecule has 1 N–H and O–H groups in total. The standard InChI is InChI=1S/C14H27NO2/c1-3-14(2)10-12(7-9-17-14)15-11-13-6-4-5-8-16-13/h12-13,15H,3-11H2,1-2H3. The first kappa shape index (κ1) is 13.3. The van der Waals surface area contributed by atoms with Crippen LogP contribution >= 0.6 is 0 Å². The van der Waals surface area contributed by atoms with Crippen molar-refractivity contribution in [2.45, 2.75) is 70.1 Å². The topological polar surface area (TPSA) is 30.5 Å². The highest BCUT2D eigenvalue weighted by atomic mass is 16.5. The van der Waals surface area contributed by atoms with Gasteiger partial charge in [-0.25, -0.2) is 0 Å². The van der Waals surface area contributed by atoms with Gasteiger partial charge in [0.05, 0.1) is 11.7 Å². The van der Waals surface area contributed by atoms with E-state index in [1.807, 2.05) is 0 Å². The normalized spacial score (nSPS) is 39.2. The molecule has 100 valence electrons. The van der Waals surface area contributed by atoms with Crippen LogP contribution in [0.5, 0.6) is 0 Å². The van der Waals surface area contributed by atoms with Crippen molar-refractivity contribution in [1.29, 1.82) is 0 Å². The fourth-order valence-electron chi connectivity index (χ4n) is 2.82. The Hall–Kier alpha value is -0.120. The summed E-state index contributed by atoms with van der Waals surface area (Å²) in [5, 5.41) is 3.68. The van der Waals surface area contributed by atoms with Gasteiger partial charge in [0.15, 0.2) is 0 Å². The summed E-state index contributed by atoms with van der Waals surface area (Å²) in [6.45, 7) is 7.31. The molecular weight excluding hydrogens is 214 g/mol. The lowest BCUT2D eigenvalue weighted by atomic mass is 9.90. The van der Waals surface area contributed by atoms with Crippen LogP contribution < -0.4 is 5.32 Å². The Morgan fingerprint density at radius 1 is 1.24 bits per heavy atom. The lowest BCUT2D eigenvalue weighted by Gasteiger charge is -2.38. The second-order valence-electron chi connectivity index (χ2n) is 5.74. The summed E-state index contributed by atoms with van der Waals surface area (Å²) in [5.74, 6) is 0. The van der Waals surface area contributed by atoms with Crippen LogP contribution in [0.15, 0.2) is 0 Å². The average molecular weight is 241 g/mol. The van der Waals surface area contributed by atoms with Gasteiger partial charge in [0.1, 0.15) is 0 Å². The third-order valence-corrected chi connectivity index (χ3v) is 4.25. The summed E-state index contributed by atoms with van der Waals surface area (Å²) in [5.41, 5.74) is 0.0866. The largest absolute Gasteiger partial charge is 0.377 e. The predicted octanol–water partition coefficient (Wildman–Crippen LogP) is 2.49. The van der Waals surface area contributed by atoms with Crippen LogP contribution in [0, 0.1) is 0 Å². The minimum absolute atomic E-state index is 0.0866. The monoisotopic (exact) mass is 241 g/mol. The molecule has 0 aromatic heterocycles. The van der Waals surface area contributed by atoms with Gasteiger partial charge in [-0.1, -0.05) is 6.92 Å². The maximum Gasteiger partial charge on any atom is 0.0699 e. The first-order valence-electron chi connectivity index (χ1n) is 7.21. The Kier molecular flexibility index (Phi) is 4.83. The fourth-order valence-corrected chi connectivity index (χ4v) is 2.82. The van der Waals surface area contributed by atoms with Crippen molar-refractivity contribution in [3.8, 4) is 0 Å². The summed E-state index contributed by atoms with van der Waals surface area (Å²) < 4.78 is 11.6. The van der Waals surface area contributed by atoms with E-state index in [0.717, 1.165) is 39.0 Å². The average Bonchev–Trinajstić information content (AvgIpc) is 2.38. The smallest absolute Gasteiger partial charge is 0.0699 e. The Labute approximate surface area is 105 Å². The van der Waals surface area contributed by atoms with E-state index in [9.17, 15) is 0 Å². The van der Waals surface area contributed by atoms with E-state index < -0.39 is 0 Å². The van der Waals surface area contributed by atoms with E-state index in [0.29, 0.717) is 12.1 Å². The lowest BCUT2D eigenvalue weighted by Crippen LogP contribution is -2.47. The van der Waals surface area contributed by atoms with Crippen molar-refractivity contribution >= 4 is 0 Å². The zero-order valence-electron chi connectivity index (χ0n) is 11.3. The Bertz CT molecular complexity index is 228. The van der Waals surface area contributed by atoms with Gasteiger partial charge in [0, 0.05) is 25.8 Å². The van der Waals surface area contributed by atoms with Crippen LogP contribution in [0.25, 0.3) is 0 Å². The minimum atomic E-state index is 0.0866. The van der Waals surface area contributed by atoms with E-state index >= 15 is 0 Å². The molecule has 0 radical (unpaired) electrons. The number of ether oxygens (including phenoxy) is 2. The molecule has 0 aromatic carbocycles. The maximum atomic E-state index is 5.87. The van der Waals surface area contributed by atoms with Crippen LogP contribution in [-0.2, 0) is 9.47 Å². The molecule has 0 saturated carbocycles. The van der Waals surface area contributed by atoms with E-state index in [4.69, 9.17) is 9.47 Å². The highest BCUT2D eigenvalue weighted by molar-refractivity contribution is 4.86. The Morgan fingerprint density at radius 3 is 2.82 bits per heavy atom. The summed E-state index contributed by atoms with van der Waals surface area (Å²) in [7, 11) is 0. The molecule has 0 aliphatic carbocycles. The van der Waals surface area contributed by atoms with Crippen LogP contribution in [0.3, 0.4) is 0 Å². The van der Waals surface area contributed by atoms with E-state index in [2.05, 4.69) is 19.2 Å². The summed E-state index contributed by atoms with van der Waals surface area (Å²) in [6, 6.07) is 0.610. The van der Waals surface area contributed by atoms with Crippen molar-refractivity contribution in [3.63, 3.8) is 0 Å². The molecule has 0 amide bonds. The van der Waals surface area contributed by atoms with E-state index in [-0.39, 0.29) is 5.60 Å². The molecular formula is C14H27NO2. The zero-order valence-corrected chi connectivity index (χ0v) is 11.3. The molecule has 2 saturated heterocycles. The second kappa shape index (κ2) is 6.17. The quantitative estimate of drug-likeness (QED) is 0.820. The molecule has 2 heterocycles. The zero-order chi connectivity index (χ0) is 12.1. The summed E-state index contributed by atoms with van der Waals surface area (Å²) in [4.78, 5) is 0. The van der Waals surface area contributed by atoms with Crippen molar-refractivity contribution in [2.75, 3.05) is 19.8 Å². The minimum Gasteiger partial charge on any atom is -0.377 e. The van der Waals surface area contributed by atoms with Crippen LogP contribution in [0.2, 0.25) is 0 Å². The molecule has 3 heteroatoms. The van der Waals surface area contributed by atoms with Crippen molar-refractivity contribution < 1.29 is 9.47 Å². The van der Waals surface area contributed by atoms with Crippen LogP contribution in [0.1, 0.15) is 52.4 Å². The molecule has 2 aliphatic rings. The summed E-state index contributed by atoms with van der Waals surface area (Å²) in [6.07, 6.45) is 7.61. The Morgan fingerprint density at radius 2 is 2.12 bits per heavy atom. The molecule has 0 spiro atoms. The van der Waals surface area contributed by atoms with Gasteiger partial charge in [-0.3, -0.25) is 0 Å². The lowest BCUT2D eigenvalue weighted by molar-refractivity contribution is -0.0800. The third kappa shape index (κ3) is 3.94. The third-order valence-electron chi connectivity index (χ3n) is 4.25. The molecule has 17 heavy (non-hydrogen) atoms. The molecule has 3 unspecified atom stereocenters. The highest BCUT2D eigenvalue weighted by Crippen LogP contribution is 2.27. The van der Waals surface area contributed by atoms with Crippen molar-refractivity contribution in [1.82, 2.24) is 5.32 Å². The highest BCUT2D eigenvalue weighted by Gasteiger charge is 2.31. The molecule has 0 aromatic rings. The van der Waals surface area contributed by atoms with Gasteiger partial charge in [-0.05, 0) is 45.4 Å². The first-order valence-corrected chi connectivity index (χ1v) is 7.21. The van der Waals surface area contributed by atoms with Gasteiger partial charge in [0.2, 0.25) is 0 Å². The summed E-state index contributed by atoms with van der Waals surface area (Å²) >= 11 is 0. The van der Waals surface area contributed by atoms with Crippen LogP contribution in [-0.4, -0.2) is 37.5 Å². The number of hydrogen-bond acceptors (Lipinski definition) is 3. The second-order valence-corrected chi connectivity index (χ2v) is 5.74.